The number of nitrogens with one attached hydrogen (secondary N) is 1. The highest BCUT2D eigenvalue weighted by Gasteiger charge is 2.40. The minimum absolute atomic E-state index is 0.00195. The van der Waals surface area contributed by atoms with Crippen molar-refractivity contribution in [3.05, 3.63) is 30.2 Å². The summed E-state index contributed by atoms with van der Waals surface area (Å²) in [5, 5.41) is 13.6. The number of hydrogen-bond donors (Lipinski definition) is 2. The van der Waals surface area contributed by atoms with Crippen LogP contribution in [0.1, 0.15) is 44.8 Å². The molecule has 10 heteroatoms. The third-order valence-corrected chi connectivity index (χ3v) is 7.28. The zero-order valence-electron chi connectivity index (χ0n) is 22.0. The number of piperidine rings is 1. The predicted molar refractivity (Wildman–Crippen MR) is 140 cm³/mol. The van der Waals surface area contributed by atoms with E-state index < -0.39 is 6.09 Å². The predicted octanol–water partition coefficient (Wildman–Crippen LogP) is 3.21. The number of imidazole rings is 1. The fourth-order valence-electron chi connectivity index (χ4n) is 5.42. The third-order valence-electron chi connectivity index (χ3n) is 7.28. The van der Waals surface area contributed by atoms with Gasteiger partial charge in [0.1, 0.15) is 5.52 Å². The van der Waals surface area contributed by atoms with Crippen LogP contribution >= 0.6 is 0 Å². The number of nitrogens with zero attached hydrogens (tertiary/aromatic N) is 6. The first kappa shape index (κ1) is 25.9. The normalized spacial score (nSPS) is 22.9. The summed E-state index contributed by atoms with van der Waals surface area (Å²) in [6.07, 6.45) is 6.69. The Morgan fingerprint density at radius 1 is 1.28 bits per heavy atom. The molecule has 196 valence electrons. The van der Waals surface area contributed by atoms with E-state index in [0.717, 1.165) is 35.4 Å². The quantitative estimate of drug-likeness (QED) is 0.566. The summed E-state index contributed by atoms with van der Waals surface area (Å²) in [5.41, 5.74) is 3.56. The first-order chi connectivity index (χ1) is 17.1. The van der Waals surface area contributed by atoms with E-state index in [0.29, 0.717) is 32.6 Å². The highest BCUT2D eigenvalue weighted by atomic mass is 16.4. The molecule has 0 spiro atoms. The van der Waals surface area contributed by atoms with Crippen LogP contribution in [0, 0.1) is 12.8 Å². The highest BCUT2D eigenvalue weighted by Crippen LogP contribution is 2.33. The summed E-state index contributed by atoms with van der Waals surface area (Å²) in [7, 11) is 3.92. The summed E-state index contributed by atoms with van der Waals surface area (Å²) in [6.45, 7) is 8.63. The van der Waals surface area contributed by atoms with Crippen LogP contribution in [0.5, 0.6) is 0 Å². The van der Waals surface area contributed by atoms with E-state index in [9.17, 15) is 14.7 Å². The molecule has 4 rings (SSSR count). The molecule has 10 nitrogen and oxygen atoms in total. The van der Waals surface area contributed by atoms with Crippen LogP contribution in [0.3, 0.4) is 0 Å². The number of amides is 2. The van der Waals surface area contributed by atoms with Gasteiger partial charge in [0, 0.05) is 56.1 Å². The molecular formula is C26H39N7O3. The Morgan fingerprint density at radius 3 is 2.75 bits per heavy atom. The maximum Gasteiger partial charge on any atom is 0.407 e. The van der Waals surface area contributed by atoms with E-state index in [2.05, 4.69) is 28.7 Å². The minimum atomic E-state index is -0.882. The Balaban J connectivity index is 1.48. The fourth-order valence-corrected chi connectivity index (χ4v) is 5.42. The lowest BCUT2D eigenvalue weighted by atomic mass is 9.87. The van der Waals surface area contributed by atoms with Crippen molar-refractivity contribution in [2.75, 3.05) is 45.6 Å². The SMILES string of the molecule is Cc1cc(NC2CCN(C(=O)O)C(C3CCN(C(=O)/C=C/CN(C)C)C3)C2)c2ncn(C(C)C)c2n1. The first-order valence-electron chi connectivity index (χ1n) is 12.8. The fraction of sp³-hybridized carbons (Fsp3) is 0.615. The van der Waals surface area contributed by atoms with Gasteiger partial charge >= 0.3 is 6.09 Å². The number of carbonyl (C=O) groups excluding carboxylic acids is 1. The van der Waals surface area contributed by atoms with Crippen molar-refractivity contribution in [3.8, 4) is 0 Å². The molecule has 2 aliphatic heterocycles. The summed E-state index contributed by atoms with van der Waals surface area (Å²) in [5.74, 6) is 0.123. The van der Waals surface area contributed by atoms with E-state index in [-0.39, 0.29) is 30.0 Å². The van der Waals surface area contributed by atoms with Crippen LogP contribution in [0.2, 0.25) is 0 Å². The van der Waals surface area contributed by atoms with Gasteiger partial charge in [-0.05, 0) is 66.1 Å². The van der Waals surface area contributed by atoms with Gasteiger partial charge in [0.25, 0.3) is 0 Å². The molecule has 3 unspecified atom stereocenters. The van der Waals surface area contributed by atoms with Crippen molar-refractivity contribution < 1.29 is 14.7 Å². The van der Waals surface area contributed by atoms with Gasteiger partial charge in [-0.25, -0.2) is 14.8 Å². The Bertz CT molecular complexity index is 1130. The monoisotopic (exact) mass is 497 g/mol. The first-order valence-corrected chi connectivity index (χ1v) is 12.8. The molecular weight excluding hydrogens is 458 g/mol. The van der Waals surface area contributed by atoms with Gasteiger partial charge in [0.15, 0.2) is 5.65 Å². The molecule has 36 heavy (non-hydrogen) atoms. The summed E-state index contributed by atoms with van der Waals surface area (Å²) in [6, 6.07) is 2.26. The van der Waals surface area contributed by atoms with E-state index >= 15 is 0 Å². The standard InChI is InChI=1S/C26H39N7O3/c1-17(2)33-16-27-24-21(13-18(3)28-25(24)33)29-20-9-12-32(26(35)36)22(14-20)19-8-11-31(15-19)23(34)7-6-10-30(4)5/h6-7,13,16-17,19-20,22H,8-12,14-15H2,1-5H3,(H,28,29)(H,35,36)/b7-6+. The third kappa shape index (κ3) is 5.64. The summed E-state index contributed by atoms with van der Waals surface area (Å²) >= 11 is 0. The van der Waals surface area contributed by atoms with Crippen molar-refractivity contribution in [2.45, 2.75) is 58.2 Å². The van der Waals surface area contributed by atoms with E-state index in [1.807, 2.05) is 49.3 Å². The maximum atomic E-state index is 12.6. The molecule has 0 bridgehead atoms. The second-order valence-electron chi connectivity index (χ2n) is 10.6. The van der Waals surface area contributed by atoms with Gasteiger partial charge in [-0.2, -0.15) is 0 Å². The molecule has 2 aromatic heterocycles. The Hall–Kier alpha value is -3.14. The van der Waals surface area contributed by atoms with Gasteiger partial charge < -0.3 is 29.7 Å². The highest BCUT2D eigenvalue weighted by molar-refractivity contribution is 5.88. The number of likely N-dealkylation sites (tertiary alicyclic amines) is 2. The van der Waals surface area contributed by atoms with Gasteiger partial charge in [-0.15, -0.1) is 0 Å². The molecule has 0 saturated carbocycles. The molecule has 2 aliphatic rings. The molecule has 3 atom stereocenters. The van der Waals surface area contributed by atoms with Crippen LogP contribution in [0.25, 0.3) is 11.2 Å². The zero-order valence-corrected chi connectivity index (χ0v) is 22.0. The number of carboxylic acid groups (broad SMARTS) is 1. The number of aromatic nitrogens is 3. The summed E-state index contributed by atoms with van der Waals surface area (Å²) < 4.78 is 2.07. The second kappa shape index (κ2) is 10.9. The number of aryl methyl sites for hydroxylation is 1. The van der Waals surface area contributed by atoms with Crippen LogP contribution < -0.4 is 5.32 Å². The number of carbonyl (C=O) groups is 2. The number of hydrogen-bond acceptors (Lipinski definition) is 6. The molecule has 2 amide bonds. The van der Waals surface area contributed by atoms with Crippen LogP contribution in [0.15, 0.2) is 24.5 Å². The summed E-state index contributed by atoms with van der Waals surface area (Å²) in [4.78, 5) is 39.5. The van der Waals surface area contributed by atoms with Crippen LogP contribution in [-0.4, -0.2) is 98.7 Å². The van der Waals surface area contributed by atoms with E-state index in [1.165, 1.54) is 0 Å². The van der Waals surface area contributed by atoms with Crippen LogP contribution in [-0.2, 0) is 4.79 Å². The molecule has 4 heterocycles. The van der Waals surface area contributed by atoms with Crippen LogP contribution in [0.4, 0.5) is 10.5 Å². The zero-order chi connectivity index (χ0) is 26.0. The molecule has 0 aromatic carbocycles. The van der Waals surface area contributed by atoms with Gasteiger partial charge in [-0.3, -0.25) is 4.79 Å². The molecule has 0 radical (unpaired) electrons. The lowest BCUT2D eigenvalue weighted by molar-refractivity contribution is -0.125. The van der Waals surface area contributed by atoms with Crippen molar-refractivity contribution >= 4 is 28.9 Å². The second-order valence-corrected chi connectivity index (χ2v) is 10.6. The molecule has 2 N–H and O–H groups in total. The lowest BCUT2D eigenvalue weighted by Gasteiger charge is -2.41. The lowest BCUT2D eigenvalue weighted by Crippen LogP contribution is -2.52. The molecule has 2 fully saturated rings. The van der Waals surface area contributed by atoms with E-state index in [4.69, 9.17) is 4.98 Å². The topological polar surface area (TPSA) is 107 Å². The van der Waals surface area contributed by atoms with Gasteiger partial charge in [-0.1, -0.05) is 6.08 Å². The average molecular weight is 498 g/mol. The Morgan fingerprint density at radius 2 is 2.06 bits per heavy atom. The number of pyridine rings is 1. The number of rotatable bonds is 7. The van der Waals surface area contributed by atoms with Crippen molar-refractivity contribution in [1.29, 1.82) is 0 Å². The number of likely N-dealkylation sites (N-methyl/N-ethyl adjacent to an activating group) is 1. The Labute approximate surface area is 213 Å². The average Bonchev–Trinajstić information content (AvgIpc) is 3.46. The van der Waals surface area contributed by atoms with E-state index in [1.54, 1.807) is 11.0 Å². The van der Waals surface area contributed by atoms with Crippen molar-refractivity contribution in [2.24, 2.45) is 5.92 Å². The minimum Gasteiger partial charge on any atom is -0.465 e. The van der Waals surface area contributed by atoms with Gasteiger partial charge in [0.2, 0.25) is 5.91 Å². The smallest absolute Gasteiger partial charge is 0.407 e. The Kier molecular flexibility index (Phi) is 7.82. The van der Waals surface area contributed by atoms with Crippen molar-refractivity contribution in [1.82, 2.24) is 29.2 Å². The molecule has 2 aromatic rings. The number of anilines is 1. The molecule has 2 saturated heterocycles. The molecule has 0 aliphatic carbocycles. The van der Waals surface area contributed by atoms with Gasteiger partial charge in [0.05, 0.1) is 12.0 Å². The number of fused-ring (bicyclic) bond motifs is 1. The van der Waals surface area contributed by atoms with Crippen molar-refractivity contribution in [3.63, 3.8) is 0 Å². The maximum absolute atomic E-state index is 12.6. The largest absolute Gasteiger partial charge is 0.465 e.